The summed E-state index contributed by atoms with van der Waals surface area (Å²) < 4.78 is 11.3. The van der Waals surface area contributed by atoms with Crippen LogP contribution in [0.2, 0.25) is 0 Å². The van der Waals surface area contributed by atoms with Crippen LogP contribution in [0, 0.1) is 0 Å². The van der Waals surface area contributed by atoms with Gasteiger partial charge in [-0.1, -0.05) is 0 Å². The van der Waals surface area contributed by atoms with Gasteiger partial charge in [-0.2, -0.15) is 0 Å². The predicted molar refractivity (Wildman–Crippen MR) is 71.3 cm³/mol. The lowest BCUT2D eigenvalue weighted by molar-refractivity contribution is -0.181. The van der Waals surface area contributed by atoms with Crippen molar-refractivity contribution in [3.63, 3.8) is 0 Å². The molecule has 104 valence electrons. The number of likely N-dealkylation sites (tertiary alicyclic amines) is 1. The number of aromatic nitrogens is 1. The molecule has 5 nitrogen and oxygen atoms in total. The first kappa shape index (κ1) is 14.2. The fourth-order valence-electron chi connectivity index (χ4n) is 2.51. The van der Waals surface area contributed by atoms with Crippen molar-refractivity contribution in [2.45, 2.75) is 18.6 Å². The van der Waals surface area contributed by atoms with Gasteiger partial charge < -0.3 is 14.4 Å². The number of carbonyl (C=O) groups excluding carboxylic acids is 1. The van der Waals surface area contributed by atoms with Crippen molar-refractivity contribution >= 4 is 18.3 Å². The van der Waals surface area contributed by atoms with Gasteiger partial charge in [0.1, 0.15) is 0 Å². The number of hydrogen-bond acceptors (Lipinski definition) is 4. The Balaban J connectivity index is 0.00000133. The van der Waals surface area contributed by atoms with E-state index in [4.69, 9.17) is 9.47 Å². The largest absolute Gasteiger partial charge is 0.347 e. The highest BCUT2D eigenvalue weighted by atomic mass is 35.5. The van der Waals surface area contributed by atoms with E-state index in [2.05, 4.69) is 4.98 Å². The van der Waals surface area contributed by atoms with Crippen LogP contribution in [-0.2, 0) is 9.47 Å². The fraction of sp³-hybridized carbons (Fsp3) is 0.538. The average Bonchev–Trinajstić information content (AvgIpc) is 2.88. The number of piperidine rings is 1. The molecular weight excluding hydrogens is 268 g/mol. The molecule has 19 heavy (non-hydrogen) atoms. The third-order valence-electron chi connectivity index (χ3n) is 3.53. The van der Waals surface area contributed by atoms with Crippen LogP contribution in [0.3, 0.4) is 0 Å². The number of amides is 1. The quantitative estimate of drug-likeness (QED) is 0.784. The SMILES string of the molecule is Cl.O=C(c1cccnc1)N1CCC2(CC1)OCCO2. The highest BCUT2D eigenvalue weighted by Crippen LogP contribution is 2.31. The minimum atomic E-state index is -0.425. The van der Waals surface area contributed by atoms with Crippen molar-refractivity contribution in [1.82, 2.24) is 9.88 Å². The molecule has 6 heteroatoms. The first-order valence-electron chi connectivity index (χ1n) is 6.26. The molecule has 0 bridgehead atoms. The van der Waals surface area contributed by atoms with Crippen molar-refractivity contribution in [3.05, 3.63) is 30.1 Å². The summed E-state index contributed by atoms with van der Waals surface area (Å²) in [6.45, 7) is 2.68. The minimum absolute atomic E-state index is 0. The first-order chi connectivity index (χ1) is 8.79. The molecule has 0 saturated carbocycles. The number of hydrogen-bond donors (Lipinski definition) is 0. The molecule has 0 aliphatic carbocycles. The van der Waals surface area contributed by atoms with Crippen LogP contribution in [-0.4, -0.2) is 47.9 Å². The summed E-state index contributed by atoms with van der Waals surface area (Å²) in [5.41, 5.74) is 0.640. The second-order valence-electron chi connectivity index (χ2n) is 4.64. The summed E-state index contributed by atoms with van der Waals surface area (Å²) in [7, 11) is 0. The average molecular weight is 285 g/mol. The molecule has 0 atom stereocenters. The van der Waals surface area contributed by atoms with Crippen LogP contribution in [0.15, 0.2) is 24.5 Å². The summed E-state index contributed by atoms with van der Waals surface area (Å²) in [6, 6.07) is 3.57. The minimum Gasteiger partial charge on any atom is -0.347 e. The number of rotatable bonds is 1. The number of halogens is 1. The molecule has 3 heterocycles. The lowest BCUT2D eigenvalue weighted by atomic mass is 10.0. The highest BCUT2D eigenvalue weighted by Gasteiger charge is 2.40. The zero-order valence-electron chi connectivity index (χ0n) is 10.6. The van der Waals surface area contributed by atoms with E-state index < -0.39 is 5.79 Å². The molecule has 0 unspecified atom stereocenters. The van der Waals surface area contributed by atoms with Gasteiger partial charge in [0.2, 0.25) is 0 Å². The normalized spacial score (nSPS) is 21.2. The Morgan fingerprint density at radius 1 is 1.26 bits per heavy atom. The van der Waals surface area contributed by atoms with Crippen molar-refractivity contribution in [3.8, 4) is 0 Å². The van der Waals surface area contributed by atoms with Crippen LogP contribution < -0.4 is 0 Å². The van der Waals surface area contributed by atoms with Crippen LogP contribution in [0.5, 0.6) is 0 Å². The van der Waals surface area contributed by atoms with Crippen molar-refractivity contribution < 1.29 is 14.3 Å². The second-order valence-corrected chi connectivity index (χ2v) is 4.64. The monoisotopic (exact) mass is 284 g/mol. The van der Waals surface area contributed by atoms with Crippen LogP contribution in [0.4, 0.5) is 0 Å². The molecule has 2 aliphatic rings. The maximum absolute atomic E-state index is 12.2. The molecule has 2 fully saturated rings. The molecule has 0 N–H and O–H groups in total. The Kier molecular flexibility index (Phi) is 4.39. The van der Waals surface area contributed by atoms with E-state index in [1.807, 2.05) is 4.90 Å². The molecule has 1 aromatic heterocycles. The second kappa shape index (κ2) is 5.86. The molecule has 0 radical (unpaired) electrons. The van der Waals surface area contributed by atoms with E-state index in [1.54, 1.807) is 24.5 Å². The van der Waals surface area contributed by atoms with Gasteiger partial charge in [-0.15, -0.1) is 12.4 Å². The van der Waals surface area contributed by atoms with Gasteiger partial charge in [0.25, 0.3) is 5.91 Å². The Morgan fingerprint density at radius 3 is 2.53 bits per heavy atom. The van der Waals surface area contributed by atoms with Gasteiger partial charge in [-0.05, 0) is 12.1 Å². The molecule has 1 aromatic rings. The van der Waals surface area contributed by atoms with Crippen LogP contribution in [0.1, 0.15) is 23.2 Å². The maximum Gasteiger partial charge on any atom is 0.255 e. The summed E-state index contributed by atoms with van der Waals surface area (Å²) in [6.07, 6.45) is 4.77. The van der Waals surface area contributed by atoms with E-state index >= 15 is 0 Å². The van der Waals surface area contributed by atoms with Gasteiger partial charge in [0.15, 0.2) is 5.79 Å². The van der Waals surface area contributed by atoms with Gasteiger partial charge in [0.05, 0.1) is 18.8 Å². The Bertz CT molecular complexity index is 425. The zero-order chi connectivity index (χ0) is 12.4. The zero-order valence-corrected chi connectivity index (χ0v) is 11.4. The van der Waals surface area contributed by atoms with E-state index in [9.17, 15) is 4.79 Å². The predicted octanol–water partition coefficient (Wildman–Crippen LogP) is 1.48. The summed E-state index contributed by atoms with van der Waals surface area (Å²) >= 11 is 0. The Hall–Kier alpha value is -1.17. The smallest absolute Gasteiger partial charge is 0.255 e. The molecule has 2 saturated heterocycles. The molecule has 3 rings (SSSR count). The first-order valence-corrected chi connectivity index (χ1v) is 6.26. The number of nitrogens with zero attached hydrogens (tertiary/aromatic N) is 2. The third kappa shape index (κ3) is 2.88. The van der Waals surface area contributed by atoms with Gasteiger partial charge in [-0.25, -0.2) is 0 Å². The lowest BCUT2D eigenvalue weighted by Gasteiger charge is -2.37. The van der Waals surface area contributed by atoms with Gasteiger partial charge >= 0.3 is 0 Å². The summed E-state index contributed by atoms with van der Waals surface area (Å²) in [5.74, 6) is -0.387. The fourth-order valence-corrected chi connectivity index (χ4v) is 2.51. The van der Waals surface area contributed by atoms with Crippen LogP contribution >= 0.6 is 12.4 Å². The van der Waals surface area contributed by atoms with E-state index in [-0.39, 0.29) is 18.3 Å². The molecule has 1 amide bonds. The molecule has 1 spiro atoms. The Morgan fingerprint density at radius 2 is 1.95 bits per heavy atom. The van der Waals surface area contributed by atoms with Crippen molar-refractivity contribution in [1.29, 1.82) is 0 Å². The summed E-state index contributed by atoms with van der Waals surface area (Å²) in [5, 5.41) is 0. The maximum atomic E-state index is 12.2. The number of carbonyl (C=O) groups is 1. The van der Waals surface area contributed by atoms with Crippen molar-refractivity contribution in [2.75, 3.05) is 26.3 Å². The molecular formula is C13H17ClN2O3. The van der Waals surface area contributed by atoms with E-state index in [0.717, 1.165) is 12.8 Å². The molecule has 0 aromatic carbocycles. The molecule has 2 aliphatic heterocycles. The van der Waals surface area contributed by atoms with Gasteiger partial charge in [0, 0.05) is 38.3 Å². The van der Waals surface area contributed by atoms with Crippen molar-refractivity contribution in [2.24, 2.45) is 0 Å². The summed E-state index contributed by atoms with van der Waals surface area (Å²) in [4.78, 5) is 18.0. The Labute approximate surface area is 118 Å². The third-order valence-corrected chi connectivity index (χ3v) is 3.53. The van der Waals surface area contributed by atoms with Crippen LogP contribution in [0.25, 0.3) is 0 Å². The topological polar surface area (TPSA) is 51.7 Å². The van der Waals surface area contributed by atoms with Gasteiger partial charge in [-0.3, -0.25) is 9.78 Å². The standard InChI is InChI=1S/C13H16N2O3.ClH/c16-12(11-2-1-5-14-10-11)15-6-3-13(4-7-15)17-8-9-18-13;/h1-2,5,10H,3-4,6-9H2;1H. The lowest BCUT2D eigenvalue weighted by Crippen LogP contribution is -2.47. The highest BCUT2D eigenvalue weighted by molar-refractivity contribution is 5.93. The van der Waals surface area contributed by atoms with E-state index in [1.165, 1.54) is 0 Å². The number of pyridine rings is 1. The van der Waals surface area contributed by atoms with E-state index in [0.29, 0.717) is 31.9 Å². The number of ether oxygens (including phenoxy) is 2.